The smallest absolute Gasteiger partial charge is 0.320 e. The van der Waals surface area contributed by atoms with Crippen LogP contribution in [0.5, 0.6) is 0 Å². The molecule has 0 aromatic heterocycles. The molecule has 2 aliphatic heterocycles. The fraction of sp³-hybridized carbons (Fsp3) is 0.917. The first-order valence-corrected chi connectivity index (χ1v) is 6.66. The molecule has 2 amide bonds. The van der Waals surface area contributed by atoms with Crippen molar-refractivity contribution >= 4 is 6.03 Å². The monoisotopic (exact) mass is 241 g/mol. The number of carbonyl (C=O) groups excluding carboxylic acids is 1. The van der Waals surface area contributed by atoms with Crippen molar-refractivity contribution in [3.63, 3.8) is 0 Å². The van der Waals surface area contributed by atoms with Gasteiger partial charge in [0.25, 0.3) is 0 Å². The molecule has 0 saturated carbocycles. The number of morpholine rings is 1. The number of nitrogens with one attached hydrogen (secondary N) is 1. The Morgan fingerprint density at radius 3 is 2.35 bits per heavy atom. The van der Waals surface area contributed by atoms with Gasteiger partial charge in [0.2, 0.25) is 0 Å². The third-order valence-corrected chi connectivity index (χ3v) is 3.54. The first kappa shape index (κ1) is 12.6. The maximum atomic E-state index is 12.2. The maximum Gasteiger partial charge on any atom is 0.320 e. The molecular weight excluding hydrogens is 218 g/mol. The molecule has 0 bridgehead atoms. The number of hydrogen-bond donors (Lipinski definition) is 1. The van der Waals surface area contributed by atoms with Crippen LogP contribution in [0.4, 0.5) is 4.79 Å². The molecule has 0 aromatic rings. The average Bonchev–Trinajstić information content (AvgIpc) is 2.40. The summed E-state index contributed by atoms with van der Waals surface area (Å²) >= 11 is 0. The zero-order valence-electron chi connectivity index (χ0n) is 10.7. The van der Waals surface area contributed by atoms with Gasteiger partial charge in [0.1, 0.15) is 0 Å². The normalized spacial score (nSPS) is 22.9. The Morgan fingerprint density at radius 2 is 1.76 bits per heavy atom. The number of ether oxygens (including phenoxy) is 1. The molecule has 1 N–H and O–H groups in total. The summed E-state index contributed by atoms with van der Waals surface area (Å²) in [5.74, 6) is 0. The van der Waals surface area contributed by atoms with Gasteiger partial charge in [-0.2, -0.15) is 0 Å². The first-order valence-electron chi connectivity index (χ1n) is 6.66. The molecule has 2 heterocycles. The topological polar surface area (TPSA) is 44.8 Å². The molecule has 0 unspecified atom stereocenters. The molecule has 0 aliphatic carbocycles. The third kappa shape index (κ3) is 3.33. The SMILES string of the molecule is CCNC1CCN(C(=O)N2CCOCC2)CC1. The third-order valence-electron chi connectivity index (χ3n) is 3.54. The number of urea groups is 1. The fourth-order valence-corrected chi connectivity index (χ4v) is 2.52. The Balaban J connectivity index is 1.77. The molecule has 5 nitrogen and oxygen atoms in total. The van der Waals surface area contributed by atoms with E-state index in [1.165, 1.54) is 0 Å². The number of hydrogen-bond acceptors (Lipinski definition) is 3. The van der Waals surface area contributed by atoms with Crippen molar-refractivity contribution in [3.05, 3.63) is 0 Å². The number of likely N-dealkylation sites (tertiary alicyclic amines) is 1. The number of nitrogens with zero attached hydrogens (tertiary/aromatic N) is 2. The number of amides is 2. The van der Waals surface area contributed by atoms with E-state index in [0.717, 1.165) is 45.6 Å². The lowest BCUT2D eigenvalue weighted by atomic mass is 10.1. The van der Waals surface area contributed by atoms with Crippen LogP contribution in [0.15, 0.2) is 0 Å². The van der Waals surface area contributed by atoms with Gasteiger partial charge < -0.3 is 19.9 Å². The van der Waals surface area contributed by atoms with E-state index in [2.05, 4.69) is 12.2 Å². The lowest BCUT2D eigenvalue weighted by Gasteiger charge is -2.37. The highest BCUT2D eigenvalue weighted by atomic mass is 16.5. The van der Waals surface area contributed by atoms with Crippen molar-refractivity contribution in [1.29, 1.82) is 0 Å². The van der Waals surface area contributed by atoms with Crippen molar-refractivity contribution in [2.45, 2.75) is 25.8 Å². The Kier molecular flexibility index (Phi) is 4.62. The predicted molar refractivity (Wildman–Crippen MR) is 66.1 cm³/mol. The minimum atomic E-state index is 0.197. The molecule has 0 radical (unpaired) electrons. The Labute approximate surface area is 103 Å². The zero-order valence-corrected chi connectivity index (χ0v) is 10.7. The second kappa shape index (κ2) is 6.21. The Bertz CT molecular complexity index is 246. The van der Waals surface area contributed by atoms with Crippen LogP contribution in [0.2, 0.25) is 0 Å². The highest BCUT2D eigenvalue weighted by Gasteiger charge is 2.26. The molecule has 5 heteroatoms. The largest absolute Gasteiger partial charge is 0.378 e. The van der Waals surface area contributed by atoms with Crippen LogP contribution < -0.4 is 5.32 Å². The van der Waals surface area contributed by atoms with Gasteiger partial charge in [-0.15, -0.1) is 0 Å². The van der Waals surface area contributed by atoms with Crippen LogP contribution in [0.25, 0.3) is 0 Å². The van der Waals surface area contributed by atoms with Crippen LogP contribution in [-0.4, -0.2) is 67.8 Å². The summed E-state index contributed by atoms with van der Waals surface area (Å²) in [7, 11) is 0. The molecule has 98 valence electrons. The molecule has 2 aliphatic rings. The van der Waals surface area contributed by atoms with Crippen LogP contribution >= 0.6 is 0 Å². The fourth-order valence-electron chi connectivity index (χ4n) is 2.52. The van der Waals surface area contributed by atoms with Crippen LogP contribution in [0, 0.1) is 0 Å². The summed E-state index contributed by atoms with van der Waals surface area (Å²) in [5.41, 5.74) is 0. The lowest BCUT2D eigenvalue weighted by Crippen LogP contribution is -2.52. The quantitative estimate of drug-likeness (QED) is 0.766. The second-order valence-electron chi connectivity index (χ2n) is 4.70. The van der Waals surface area contributed by atoms with E-state index >= 15 is 0 Å². The van der Waals surface area contributed by atoms with E-state index in [0.29, 0.717) is 19.3 Å². The van der Waals surface area contributed by atoms with Crippen molar-refractivity contribution in [2.24, 2.45) is 0 Å². The molecule has 2 rings (SSSR count). The first-order chi connectivity index (χ1) is 8.31. The molecule has 0 aromatic carbocycles. The maximum absolute atomic E-state index is 12.2. The van der Waals surface area contributed by atoms with Gasteiger partial charge in [-0.25, -0.2) is 4.79 Å². The molecule has 0 atom stereocenters. The summed E-state index contributed by atoms with van der Waals surface area (Å²) in [4.78, 5) is 16.1. The van der Waals surface area contributed by atoms with Gasteiger partial charge in [0.15, 0.2) is 0 Å². The van der Waals surface area contributed by atoms with E-state index in [1.807, 2.05) is 9.80 Å². The number of piperidine rings is 1. The van der Waals surface area contributed by atoms with E-state index in [1.54, 1.807) is 0 Å². The average molecular weight is 241 g/mol. The van der Waals surface area contributed by atoms with Gasteiger partial charge in [0, 0.05) is 32.2 Å². The summed E-state index contributed by atoms with van der Waals surface area (Å²) in [6.07, 6.45) is 2.15. The zero-order chi connectivity index (χ0) is 12.1. The summed E-state index contributed by atoms with van der Waals surface area (Å²) < 4.78 is 5.26. The Morgan fingerprint density at radius 1 is 1.18 bits per heavy atom. The number of rotatable bonds is 2. The van der Waals surface area contributed by atoms with Crippen molar-refractivity contribution in [3.8, 4) is 0 Å². The van der Waals surface area contributed by atoms with Crippen molar-refractivity contribution in [1.82, 2.24) is 15.1 Å². The van der Waals surface area contributed by atoms with Gasteiger partial charge in [0.05, 0.1) is 13.2 Å². The summed E-state index contributed by atoms with van der Waals surface area (Å²) in [5, 5.41) is 3.45. The van der Waals surface area contributed by atoms with E-state index < -0.39 is 0 Å². The molecule has 0 spiro atoms. The van der Waals surface area contributed by atoms with E-state index in [4.69, 9.17) is 4.74 Å². The van der Waals surface area contributed by atoms with Crippen LogP contribution in [-0.2, 0) is 4.74 Å². The van der Waals surface area contributed by atoms with E-state index in [9.17, 15) is 4.79 Å². The van der Waals surface area contributed by atoms with Crippen LogP contribution in [0.3, 0.4) is 0 Å². The number of carbonyl (C=O) groups is 1. The minimum absolute atomic E-state index is 0.197. The second-order valence-corrected chi connectivity index (χ2v) is 4.70. The van der Waals surface area contributed by atoms with Gasteiger partial charge in [-0.3, -0.25) is 0 Å². The molecule has 2 fully saturated rings. The van der Waals surface area contributed by atoms with Crippen LogP contribution in [0.1, 0.15) is 19.8 Å². The standard InChI is InChI=1S/C12H23N3O2/c1-2-13-11-3-5-14(6-4-11)12(16)15-7-9-17-10-8-15/h11,13H,2-10H2,1H3. The van der Waals surface area contributed by atoms with Crippen molar-refractivity contribution in [2.75, 3.05) is 45.9 Å². The molecule has 17 heavy (non-hydrogen) atoms. The minimum Gasteiger partial charge on any atom is -0.378 e. The Hall–Kier alpha value is -0.810. The summed E-state index contributed by atoms with van der Waals surface area (Å²) in [6, 6.07) is 0.789. The van der Waals surface area contributed by atoms with Gasteiger partial charge in [-0.05, 0) is 19.4 Å². The molecule has 2 saturated heterocycles. The van der Waals surface area contributed by atoms with Gasteiger partial charge in [-0.1, -0.05) is 6.92 Å². The van der Waals surface area contributed by atoms with Crippen molar-refractivity contribution < 1.29 is 9.53 Å². The molecular formula is C12H23N3O2. The summed E-state index contributed by atoms with van der Waals surface area (Å²) in [6.45, 7) is 7.76. The van der Waals surface area contributed by atoms with Gasteiger partial charge >= 0.3 is 6.03 Å². The van der Waals surface area contributed by atoms with E-state index in [-0.39, 0.29) is 6.03 Å². The highest BCUT2D eigenvalue weighted by molar-refractivity contribution is 5.74. The predicted octanol–water partition coefficient (Wildman–Crippen LogP) is 0.513. The lowest BCUT2D eigenvalue weighted by molar-refractivity contribution is 0.0408. The highest BCUT2D eigenvalue weighted by Crippen LogP contribution is 2.13.